The predicted octanol–water partition coefficient (Wildman–Crippen LogP) is 11.5. The Balaban J connectivity index is 0.000000661. The van der Waals surface area contributed by atoms with Gasteiger partial charge in [0.25, 0.3) is 0 Å². The molecule has 1 N–H and O–H groups in total. The minimum atomic E-state index is -0.809. The van der Waals surface area contributed by atoms with Gasteiger partial charge in [0.15, 0.2) is 0 Å². The summed E-state index contributed by atoms with van der Waals surface area (Å²) in [7, 11) is 5.03. The van der Waals surface area contributed by atoms with Crippen LogP contribution in [0, 0.1) is 6.57 Å². The number of methoxy groups -OCH3 is 3. The Labute approximate surface area is 349 Å². The first-order valence-electron chi connectivity index (χ1n) is 16.8. The monoisotopic (exact) mass is 937 g/mol. The van der Waals surface area contributed by atoms with Crippen molar-refractivity contribution in [2.45, 2.75) is 98.1 Å². The number of pyridine rings is 4. The molecular weight excluding hydrogens is 882 g/mol. The van der Waals surface area contributed by atoms with Gasteiger partial charge >= 0.3 is 0 Å². The summed E-state index contributed by atoms with van der Waals surface area (Å²) in [6.45, 7) is 24.2. The Morgan fingerprint density at radius 2 is 0.889 bits per heavy atom. The zero-order valence-corrected chi connectivity index (χ0v) is 37.5. The number of nitrogens with zero attached hydrogens (tertiary/aromatic N) is 5. The van der Waals surface area contributed by atoms with Gasteiger partial charge in [0.1, 0.15) is 0 Å². The maximum absolute atomic E-state index is 9.55. The van der Waals surface area contributed by atoms with Crippen LogP contribution in [0.1, 0.15) is 97.9 Å². The van der Waals surface area contributed by atoms with Crippen molar-refractivity contribution < 1.29 is 24.1 Å². The molecule has 54 heavy (non-hydrogen) atoms. The van der Waals surface area contributed by atoms with Gasteiger partial charge in [-0.15, -0.1) is 0 Å². The molecule has 298 valence electrons. The van der Waals surface area contributed by atoms with Gasteiger partial charge in [-0.3, -0.25) is 19.9 Å². The molecule has 4 aromatic rings. The number of aromatic nitrogens is 4. The number of ether oxygens (including phenoxy) is 4. The van der Waals surface area contributed by atoms with E-state index in [1.54, 1.807) is 78.4 Å². The van der Waals surface area contributed by atoms with Crippen molar-refractivity contribution in [3.05, 3.63) is 121 Å². The van der Waals surface area contributed by atoms with Crippen molar-refractivity contribution in [1.29, 1.82) is 0 Å². The van der Waals surface area contributed by atoms with Crippen LogP contribution in [0.4, 0.5) is 5.69 Å². The Morgan fingerprint density at radius 1 is 0.574 bits per heavy atom. The zero-order chi connectivity index (χ0) is 40.3. The molecule has 0 aromatic carbocycles. The summed E-state index contributed by atoms with van der Waals surface area (Å²) in [4.78, 5) is 19.4. The van der Waals surface area contributed by atoms with E-state index in [0.717, 1.165) is 48.9 Å². The number of rotatable bonds is 7. The van der Waals surface area contributed by atoms with E-state index >= 15 is 0 Å². The Bertz CT molecular complexity index is 1640. The van der Waals surface area contributed by atoms with Crippen molar-refractivity contribution in [2.24, 2.45) is 0 Å². The van der Waals surface area contributed by atoms with E-state index in [4.69, 9.17) is 25.5 Å². The fourth-order valence-electron chi connectivity index (χ4n) is 3.91. The molecule has 1 aliphatic rings. The molecule has 5 rings (SSSR count). The fraction of sp³-hybridized carbons (Fsp3) is 0.488. The highest BCUT2D eigenvalue weighted by molar-refractivity contribution is 9.11. The molecule has 1 saturated heterocycles. The van der Waals surface area contributed by atoms with Gasteiger partial charge in [0.2, 0.25) is 5.69 Å². The second-order valence-corrected chi connectivity index (χ2v) is 16.5. The minimum absolute atomic E-state index is 0. The SMILES string of the molecule is C.C1CCOC1.CC(C)(O)c1cncc(Br)c1.COC(C)(C)c1cncc(Br)c1.COC(C)(C)c1cncc(Br)c1.[C-]#[N+]c1cncc(C(C)(C)OC)c1. The lowest BCUT2D eigenvalue weighted by Gasteiger charge is -2.23. The Morgan fingerprint density at radius 3 is 1.15 bits per heavy atom. The second-order valence-electron chi connectivity index (χ2n) is 13.7. The number of hydrogen-bond acceptors (Lipinski definition) is 9. The molecule has 5 heterocycles. The summed E-state index contributed by atoms with van der Waals surface area (Å²) in [5, 5.41) is 9.55. The topological polar surface area (TPSA) is 113 Å². The van der Waals surface area contributed by atoms with Gasteiger partial charge in [-0.1, -0.05) is 7.43 Å². The van der Waals surface area contributed by atoms with Crippen molar-refractivity contribution >= 4 is 53.5 Å². The second kappa shape index (κ2) is 24.8. The maximum atomic E-state index is 9.55. The molecule has 10 nitrogen and oxygen atoms in total. The Hall–Kier alpha value is -2.67. The summed E-state index contributed by atoms with van der Waals surface area (Å²) in [5.41, 5.74) is 2.69. The molecule has 0 bridgehead atoms. The highest BCUT2D eigenvalue weighted by Gasteiger charge is 2.21. The van der Waals surface area contributed by atoms with Gasteiger partial charge < -0.3 is 24.1 Å². The van der Waals surface area contributed by atoms with Crippen molar-refractivity contribution in [2.75, 3.05) is 34.5 Å². The predicted molar refractivity (Wildman–Crippen MR) is 228 cm³/mol. The smallest absolute Gasteiger partial charge is 0.205 e. The molecule has 1 aliphatic heterocycles. The van der Waals surface area contributed by atoms with E-state index in [9.17, 15) is 5.11 Å². The summed E-state index contributed by atoms with van der Waals surface area (Å²) < 4.78 is 23.7. The number of aliphatic hydroxyl groups is 1. The molecule has 0 radical (unpaired) electrons. The summed E-state index contributed by atoms with van der Waals surface area (Å²) in [5.74, 6) is 0. The van der Waals surface area contributed by atoms with Crippen LogP contribution in [0.5, 0.6) is 0 Å². The third kappa shape index (κ3) is 19.3. The first kappa shape index (κ1) is 51.3. The largest absolute Gasteiger partial charge is 0.386 e. The van der Waals surface area contributed by atoms with Crippen molar-refractivity contribution in [1.82, 2.24) is 19.9 Å². The molecule has 0 unspecified atom stereocenters. The molecule has 1 fully saturated rings. The highest BCUT2D eigenvalue weighted by Crippen LogP contribution is 2.27. The molecule has 0 spiro atoms. The van der Waals surface area contributed by atoms with E-state index in [0.29, 0.717) is 5.69 Å². The Kier molecular flexibility index (Phi) is 23.5. The molecular formula is C41H58Br3N5O5. The summed E-state index contributed by atoms with van der Waals surface area (Å²) >= 11 is 10.0. The van der Waals surface area contributed by atoms with Crippen molar-refractivity contribution in [3.8, 4) is 0 Å². The van der Waals surface area contributed by atoms with Crippen LogP contribution >= 0.6 is 47.8 Å². The molecule has 0 aliphatic carbocycles. The van der Waals surface area contributed by atoms with Crippen LogP contribution in [0.3, 0.4) is 0 Å². The molecule has 0 amide bonds. The van der Waals surface area contributed by atoms with Crippen LogP contribution in [-0.2, 0) is 41.4 Å². The number of halogens is 3. The van der Waals surface area contributed by atoms with Gasteiger partial charge in [-0.2, -0.15) is 0 Å². The van der Waals surface area contributed by atoms with Gasteiger partial charge in [0, 0.05) is 114 Å². The standard InChI is InChI=1S/C10H12N2O.2C9H12BrNO.C8H10BrNO.C4H8O.CH4/c1-10(2,13-4)8-5-9(11-3)7-12-6-8;2*1-9(2,12-3)7-4-8(10)6-11-5-7;1-8(2,11)6-3-7(9)5-10-4-6;1-2-4-5-3-1;/h5-7H,1-2,4H3;2*4-6H,1-3H3;3-5,11H,1-2H3;1-4H2;1H4. The quantitative estimate of drug-likeness (QED) is 0.181. The lowest BCUT2D eigenvalue weighted by atomic mass is 10.00. The van der Waals surface area contributed by atoms with Crippen molar-refractivity contribution in [3.63, 3.8) is 0 Å². The van der Waals surface area contributed by atoms with Gasteiger partial charge in [-0.05, 0) is 146 Å². The van der Waals surface area contributed by atoms with E-state index < -0.39 is 5.60 Å². The van der Waals surface area contributed by atoms with E-state index in [2.05, 4.69) is 72.6 Å². The average Bonchev–Trinajstić information content (AvgIpc) is 3.73. The van der Waals surface area contributed by atoms with Crippen LogP contribution in [0.25, 0.3) is 4.85 Å². The zero-order valence-electron chi connectivity index (χ0n) is 32.7. The lowest BCUT2D eigenvalue weighted by Crippen LogP contribution is -2.19. The molecule has 0 atom stereocenters. The first-order valence-corrected chi connectivity index (χ1v) is 19.2. The maximum Gasteiger partial charge on any atom is 0.205 e. The average molecular weight is 941 g/mol. The normalized spacial score (nSPS) is 12.4. The fourth-order valence-corrected chi connectivity index (χ4v) is 5.01. The van der Waals surface area contributed by atoms with E-state index in [-0.39, 0.29) is 24.2 Å². The van der Waals surface area contributed by atoms with Crippen LogP contribution in [0.15, 0.2) is 87.3 Å². The third-order valence-electron chi connectivity index (χ3n) is 8.12. The molecule has 13 heteroatoms. The van der Waals surface area contributed by atoms with Gasteiger partial charge in [0.05, 0.1) is 29.0 Å². The van der Waals surface area contributed by atoms with Gasteiger partial charge in [-0.25, -0.2) is 4.85 Å². The molecule has 0 saturated carbocycles. The summed E-state index contributed by atoms with van der Waals surface area (Å²) in [6, 6.07) is 7.67. The van der Waals surface area contributed by atoms with E-state index in [1.807, 2.05) is 72.1 Å². The third-order valence-corrected chi connectivity index (χ3v) is 9.42. The van der Waals surface area contributed by atoms with Crippen LogP contribution in [-0.4, -0.2) is 59.6 Å². The molecule has 4 aromatic heterocycles. The minimum Gasteiger partial charge on any atom is -0.386 e. The number of hydrogen-bond donors (Lipinski definition) is 1. The summed E-state index contributed by atoms with van der Waals surface area (Å²) in [6.07, 6.45) is 16.3. The highest BCUT2D eigenvalue weighted by atomic mass is 79.9. The van der Waals surface area contributed by atoms with E-state index in [1.165, 1.54) is 12.8 Å². The van der Waals surface area contributed by atoms with Crippen LogP contribution < -0.4 is 0 Å². The lowest BCUT2D eigenvalue weighted by molar-refractivity contribution is 0.0187. The van der Waals surface area contributed by atoms with Crippen LogP contribution in [0.2, 0.25) is 0 Å². The first-order chi connectivity index (χ1) is 24.7.